The molecule has 3 aromatic rings. The topological polar surface area (TPSA) is 58.6 Å². The van der Waals surface area contributed by atoms with Crippen molar-refractivity contribution in [3.63, 3.8) is 0 Å². The maximum absolute atomic E-state index is 13.4. The van der Waals surface area contributed by atoms with Crippen molar-refractivity contribution < 1.29 is 4.39 Å². The zero-order valence-electron chi connectivity index (χ0n) is 17.5. The molecule has 0 bridgehead atoms. The third kappa shape index (κ3) is 3.99. The monoisotopic (exact) mass is 440 g/mol. The van der Waals surface area contributed by atoms with E-state index in [4.69, 9.17) is 18.2 Å². The second kappa shape index (κ2) is 8.25. The molecule has 1 aromatic carbocycles. The summed E-state index contributed by atoms with van der Waals surface area (Å²) in [5.41, 5.74) is 1.70. The van der Waals surface area contributed by atoms with Gasteiger partial charge in [0.15, 0.2) is 5.82 Å². The predicted octanol–water partition coefficient (Wildman–Crippen LogP) is 3.77. The van der Waals surface area contributed by atoms with Crippen LogP contribution in [0.15, 0.2) is 35.1 Å². The highest BCUT2D eigenvalue weighted by Crippen LogP contribution is 2.29. The quantitative estimate of drug-likeness (QED) is 0.580. The minimum Gasteiger partial charge on any atom is -0.361 e. The molecule has 0 N–H and O–H groups in total. The maximum Gasteiger partial charge on any atom is 0.350 e. The van der Waals surface area contributed by atoms with Crippen LogP contribution in [0.3, 0.4) is 0 Å². The van der Waals surface area contributed by atoms with E-state index in [2.05, 4.69) is 38.5 Å². The first-order valence-corrected chi connectivity index (χ1v) is 10.4. The van der Waals surface area contributed by atoms with Gasteiger partial charge in [-0.15, -0.1) is 4.98 Å². The molecular weight excluding hydrogens is 419 g/mol. The van der Waals surface area contributed by atoms with Crippen molar-refractivity contribution in [3.05, 3.63) is 68.6 Å². The standard InChI is InChI=1S/C22H22ClFN6O/c1-13-11-30(14(2)10-29(13)12-15-5-6-16(24)9-17(15)23)21-20-18(28(4)22(31)27-21)7-8-19(25-3)26-20/h5-9,13-14H,10-12H2,1-2,4H3/t13-,14+/m1/s1. The summed E-state index contributed by atoms with van der Waals surface area (Å²) >= 11 is 6.23. The molecule has 0 aliphatic carbocycles. The van der Waals surface area contributed by atoms with Crippen molar-refractivity contribution >= 4 is 34.3 Å². The van der Waals surface area contributed by atoms with E-state index >= 15 is 0 Å². The van der Waals surface area contributed by atoms with Crippen molar-refractivity contribution in [2.45, 2.75) is 32.5 Å². The molecule has 1 aliphatic heterocycles. The summed E-state index contributed by atoms with van der Waals surface area (Å²) in [5.74, 6) is 0.414. The van der Waals surface area contributed by atoms with Gasteiger partial charge in [-0.25, -0.2) is 9.18 Å². The van der Waals surface area contributed by atoms with Gasteiger partial charge in [-0.05, 0) is 43.7 Å². The number of hydrogen-bond acceptors (Lipinski definition) is 5. The van der Waals surface area contributed by atoms with E-state index in [9.17, 15) is 9.18 Å². The SMILES string of the molecule is [C-]#[N+]c1ccc2c(n1)c(N1C[C@@H](C)N(Cc3ccc(F)cc3Cl)C[C@@H]1C)nc(=O)n2C. The van der Waals surface area contributed by atoms with Crippen LogP contribution in [-0.2, 0) is 13.6 Å². The molecule has 1 aliphatic rings. The summed E-state index contributed by atoms with van der Waals surface area (Å²) in [7, 11) is 1.65. The zero-order valence-corrected chi connectivity index (χ0v) is 18.3. The van der Waals surface area contributed by atoms with Crippen LogP contribution in [0, 0.1) is 12.4 Å². The summed E-state index contributed by atoms with van der Waals surface area (Å²) in [6.07, 6.45) is 0. The number of fused-ring (bicyclic) bond motifs is 1. The first-order chi connectivity index (χ1) is 14.8. The molecule has 0 unspecified atom stereocenters. The van der Waals surface area contributed by atoms with Crippen LogP contribution in [0.1, 0.15) is 19.4 Å². The summed E-state index contributed by atoms with van der Waals surface area (Å²) in [6.45, 7) is 13.4. The van der Waals surface area contributed by atoms with Gasteiger partial charge in [0.1, 0.15) is 5.82 Å². The predicted molar refractivity (Wildman–Crippen MR) is 119 cm³/mol. The van der Waals surface area contributed by atoms with E-state index in [0.717, 1.165) is 5.56 Å². The Morgan fingerprint density at radius 2 is 1.97 bits per heavy atom. The highest BCUT2D eigenvalue weighted by atomic mass is 35.5. The molecule has 0 spiro atoms. The molecule has 3 heterocycles. The Morgan fingerprint density at radius 3 is 2.68 bits per heavy atom. The molecular formula is C22H22ClFN6O. The van der Waals surface area contributed by atoms with Crippen LogP contribution in [0.4, 0.5) is 16.0 Å². The lowest BCUT2D eigenvalue weighted by Crippen LogP contribution is -2.56. The van der Waals surface area contributed by atoms with Gasteiger partial charge in [0, 0.05) is 43.8 Å². The van der Waals surface area contributed by atoms with E-state index in [1.165, 1.54) is 16.7 Å². The summed E-state index contributed by atoms with van der Waals surface area (Å²) in [6, 6.07) is 7.98. The average Bonchev–Trinajstić information content (AvgIpc) is 2.74. The number of halogens is 2. The fourth-order valence-corrected chi connectivity index (χ4v) is 4.27. The Kier molecular flexibility index (Phi) is 5.65. The van der Waals surface area contributed by atoms with Crippen LogP contribution in [-0.4, -0.2) is 44.6 Å². The van der Waals surface area contributed by atoms with Gasteiger partial charge < -0.3 is 9.74 Å². The van der Waals surface area contributed by atoms with E-state index in [1.807, 2.05) is 0 Å². The number of piperazine rings is 1. The molecule has 7 nitrogen and oxygen atoms in total. The highest BCUT2D eigenvalue weighted by Gasteiger charge is 2.32. The van der Waals surface area contributed by atoms with Gasteiger partial charge in [-0.2, -0.15) is 4.98 Å². The highest BCUT2D eigenvalue weighted by molar-refractivity contribution is 6.31. The number of aromatic nitrogens is 3. The number of nitrogens with zero attached hydrogens (tertiary/aromatic N) is 6. The van der Waals surface area contributed by atoms with Crippen molar-refractivity contribution in [1.29, 1.82) is 0 Å². The Labute approximate surface area is 184 Å². The zero-order chi connectivity index (χ0) is 22.3. The lowest BCUT2D eigenvalue weighted by Gasteiger charge is -2.44. The molecule has 4 rings (SSSR count). The van der Waals surface area contributed by atoms with Gasteiger partial charge in [-0.1, -0.05) is 24.2 Å². The number of hydrogen-bond donors (Lipinski definition) is 0. The molecule has 9 heteroatoms. The van der Waals surface area contributed by atoms with Crippen LogP contribution in [0.2, 0.25) is 5.02 Å². The van der Waals surface area contributed by atoms with Gasteiger partial charge in [0.05, 0.1) is 5.52 Å². The number of rotatable bonds is 3. The summed E-state index contributed by atoms with van der Waals surface area (Å²) < 4.78 is 14.8. The Bertz CT molecular complexity index is 1250. The Hall–Kier alpha value is -3.02. The fraction of sp³-hybridized carbons (Fsp3) is 0.364. The van der Waals surface area contributed by atoms with Gasteiger partial charge >= 0.3 is 5.69 Å². The third-order valence-corrected chi connectivity index (χ3v) is 6.16. The van der Waals surface area contributed by atoms with E-state index < -0.39 is 0 Å². The normalized spacial score (nSPS) is 19.5. The first-order valence-electron chi connectivity index (χ1n) is 9.98. The fourth-order valence-electron chi connectivity index (χ4n) is 4.04. The van der Waals surface area contributed by atoms with Crippen LogP contribution < -0.4 is 10.6 Å². The molecule has 160 valence electrons. The Balaban J connectivity index is 1.67. The van der Waals surface area contributed by atoms with Gasteiger partial charge in [0.2, 0.25) is 5.52 Å². The Morgan fingerprint density at radius 1 is 1.19 bits per heavy atom. The minimum atomic E-state index is -0.361. The van der Waals surface area contributed by atoms with E-state index in [1.54, 1.807) is 25.2 Å². The summed E-state index contributed by atoms with van der Waals surface area (Å²) in [5, 5.41) is 0.414. The molecule has 1 fully saturated rings. The number of pyridine rings is 1. The number of anilines is 1. The lowest BCUT2D eigenvalue weighted by atomic mass is 10.1. The van der Waals surface area contributed by atoms with E-state index in [-0.39, 0.29) is 29.4 Å². The van der Waals surface area contributed by atoms with Crippen molar-refractivity contribution in [2.24, 2.45) is 7.05 Å². The second-order valence-corrected chi connectivity index (χ2v) is 8.35. The van der Waals surface area contributed by atoms with Gasteiger partial charge in [0.25, 0.3) is 5.82 Å². The average molecular weight is 441 g/mol. The maximum atomic E-state index is 13.4. The van der Waals surface area contributed by atoms with E-state index in [0.29, 0.717) is 41.5 Å². The van der Waals surface area contributed by atoms with Crippen molar-refractivity contribution in [1.82, 2.24) is 19.4 Å². The smallest absolute Gasteiger partial charge is 0.350 e. The molecule has 0 radical (unpaired) electrons. The van der Waals surface area contributed by atoms with Crippen molar-refractivity contribution in [3.8, 4) is 0 Å². The molecule has 2 atom stereocenters. The molecule has 31 heavy (non-hydrogen) atoms. The molecule has 0 saturated carbocycles. The lowest BCUT2D eigenvalue weighted by molar-refractivity contribution is 0.157. The van der Waals surface area contributed by atoms with Crippen molar-refractivity contribution in [2.75, 3.05) is 18.0 Å². The molecule has 2 aromatic heterocycles. The number of aryl methyl sites for hydroxylation is 1. The third-order valence-electron chi connectivity index (χ3n) is 5.81. The minimum absolute atomic E-state index is 0.0385. The molecule has 1 saturated heterocycles. The second-order valence-electron chi connectivity index (χ2n) is 7.94. The largest absolute Gasteiger partial charge is 0.361 e. The van der Waals surface area contributed by atoms with Crippen LogP contribution in [0.25, 0.3) is 15.9 Å². The van der Waals surface area contributed by atoms with Crippen LogP contribution >= 0.6 is 11.6 Å². The molecule has 0 amide bonds. The first kappa shape index (κ1) is 21.2. The summed E-state index contributed by atoms with van der Waals surface area (Å²) in [4.78, 5) is 29.0. The van der Waals surface area contributed by atoms with Crippen LogP contribution in [0.5, 0.6) is 0 Å². The number of benzene rings is 1. The van der Waals surface area contributed by atoms with Gasteiger partial charge in [-0.3, -0.25) is 9.47 Å².